The number of carbonyl (C=O) groups excluding carboxylic acids is 3. The van der Waals surface area contributed by atoms with E-state index < -0.39 is 23.4 Å². The summed E-state index contributed by atoms with van der Waals surface area (Å²) in [6.45, 7) is 0. The highest BCUT2D eigenvalue weighted by Crippen LogP contribution is 2.61. The van der Waals surface area contributed by atoms with E-state index in [1.807, 2.05) is 46.7 Å². The van der Waals surface area contributed by atoms with Gasteiger partial charge < -0.3 is 4.90 Å². The Labute approximate surface area is 222 Å². The topological polar surface area (TPSA) is 67.3 Å². The molecule has 3 aliphatic rings. The lowest BCUT2D eigenvalue weighted by Crippen LogP contribution is -2.48. The molecule has 3 atom stereocenters. The summed E-state index contributed by atoms with van der Waals surface area (Å²) in [4.78, 5) is 50.1. The van der Waals surface area contributed by atoms with E-state index in [9.17, 15) is 14.4 Å². The molecule has 1 saturated heterocycles. The summed E-state index contributed by atoms with van der Waals surface area (Å²) >= 11 is 7.68. The maximum Gasteiger partial charge on any atom is 0.195 e. The number of anilines is 1. The predicted octanol–water partition coefficient (Wildman–Crippen LogP) is 6.11. The number of halogens is 1. The number of thiophene rings is 1. The maximum atomic E-state index is 14.5. The van der Waals surface area contributed by atoms with Crippen LogP contribution in [0.1, 0.15) is 47.4 Å². The van der Waals surface area contributed by atoms with Crippen LogP contribution < -0.4 is 4.90 Å². The summed E-state index contributed by atoms with van der Waals surface area (Å²) in [7, 11) is 0. The van der Waals surface area contributed by atoms with Crippen LogP contribution in [-0.4, -0.2) is 34.4 Å². The van der Waals surface area contributed by atoms with Crippen LogP contribution in [0.2, 0.25) is 5.02 Å². The van der Waals surface area contributed by atoms with Crippen molar-refractivity contribution in [3.05, 3.63) is 123 Å². The van der Waals surface area contributed by atoms with Crippen LogP contribution in [-0.2, 0) is 0 Å². The van der Waals surface area contributed by atoms with E-state index in [0.29, 0.717) is 26.6 Å². The van der Waals surface area contributed by atoms with E-state index in [1.54, 1.807) is 54.9 Å². The Morgan fingerprint density at radius 3 is 2.43 bits per heavy atom. The van der Waals surface area contributed by atoms with Crippen LogP contribution in [0.5, 0.6) is 0 Å². The zero-order valence-corrected chi connectivity index (χ0v) is 20.9. The number of pyridine rings is 1. The van der Waals surface area contributed by atoms with Crippen LogP contribution in [0, 0.1) is 5.41 Å². The molecule has 7 rings (SSSR count). The van der Waals surface area contributed by atoms with Crippen molar-refractivity contribution in [1.82, 2.24) is 4.98 Å². The third-order valence-corrected chi connectivity index (χ3v) is 8.96. The molecular weight excluding hydrogens is 504 g/mol. The van der Waals surface area contributed by atoms with Gasteiger partial charge in [-0.15, -0.1) is 11.3 Å². The monoisotopic (exact) mass is 522 g/mol. The molecule has 1 spiro atoms. The van der Waals surface area contributed by atoms with Gasteiger partial charge in [0.25, 0.3) is 0 Å². The van der Waals surface area contributed by atoms with E-state index in [2.05, 4.69) is 4.98 Å². The lowest BCUT2D eigenvalue weighted by Gasteiger charge is -2.37. The molecule has 0 N–H and O–H groups in total. The molecular formula is C30H19ClN2O3S. The lowest BCUT2D eigenvalue weighted by molar-refractivity contribution is 0.0666. The highest BCUT2D eigenvalue weighted by Gasteiger charge is 2.71. The Kier molecular flexibility index (Phi) is 4.87. The third-order valence-electron chi connectivity index (χ3n) is 7.84. The number of hydrogen-bond donors (Lipinski definition) is 0. The van der Waals surface area contributed by atoms with E-state index in [0.717, 1.165) is 11.3 Å². The van der Waals surface area contributed by atoms with Crippen molar-refractivity contribution in [2.45, 2.75) is 18.0 Å². The minimum atomic E-state index is -1.52. The molecule has 37 heavy (non-hydrogen) atoms. The summed E-state index contributed by atoms with van der Waals surface area (Å²) in [5.74, 6) is -1.38. The highest BCUT2D eigenvalue weighted by molar-refractivity contribution is 7.12. The van der Waals surface area contributed by atoms with Crippen LogP contribution in [0.15, 0.2) is 90.6 Å². The van der Waals surface area contributed by atoms with Gasteiger partial charge in [-0.3, -0.25) is 19.4 Å². The van der Waals surface area contributed by atoms with Gasteiger partial charge in [-0.1, -0.05) is 60.2 Å². The summed E-state index contributed by atoms with van der Waals surface area (Å²) in [6, 6.07) is 18.3. The molecule has 1 aliphatic carbocycles. The smallest absolute Gasteiger partial charge is 0.195 e. The van der Waals surface area contributed by atoms with E-state index in [-0.39, 0.29) is 17.3 Å². The lowest BCUT2D eigenvalue weighted by atomic mass is 9.64. The standard InChI is InChI=1S/C30H19ClN2O3S/c31-19-10-11-22-17(15-19)9-12-24-30(28(35)20-6-1-2-7-21(20)29(30)36)25(18-5-3-13-32-16-18)26(33(22)24)27(34)23-8-4-14-37-23/h1-16,24-26H/t24?,25-,26+/m1/s1. The van der Waals surface area contributed by atoms with Gasteiger partial charge in [0.1, 0.15) is 11.5 Å². The van der Waals surface area contributed by atoms with Crippen molar-refractivity contribution in [3.63, 3.8) is 0 Å². The largest absolute Gasteiger partial charge is 0.352 e. The van der Waals surface area contributed by atoms with Gasteiger partial charge in [0.05, 0.1) is 10.9 Å². The average molecular weight is 523 g/mol. The zero-order chi connectivity index (χ0) is 25.3. The molecule has 0 saturated carbocycles. The Bertz CT molecular complexity index is 1590. The molecule has 2 aliphatic heterocycles. The fraction of sp³-hybridized carbons (Fsp3) is 0.133. The first-order valence-electron chi connectivity index (χ1n) is 12.0. The molecule has 180 valence electrons. The van der Waals surface area contributed by atoms with Crippen LogP contribution in [0.4, 0.5) is 5.69 Å². The Morgan fingerprint density at radius 2 is 1.76 bits per heavy atom. The summed E-state index contributed by atoms with van der Waals surface area (Å²) in [6.07, 6.45) is 7.13. The Morgan fingerprint density at radius 1 is 0.973 bits per heavy atom. The van der Waals surface area contributed by atoms with Gasteiger partial charge >= 0.3 is 0 Å². The third kappa shape index (κ3) is 2.91. The van der Waals surface area contributed by atoms with Crippen molar-refractivity contribution in [3.8, 4) is 0 Å². The molecule has 0 radical (unpaired) electrons. The average Bonchev–Trinajstić information content (AvgIpc) is 3.62. The number of Topliss-reactive ketones (excluding diaryl/α,β-unsaturated/α-hetero) is 3. The molecule has 5 nitrogen and oxygen atoms in total. The number of hydrogen-bond acceptors (Lipinski definition) is 6. The fourth-order valence-corrected chi connectivity index (χ4v) is 7.32. The van der Waals surface area contributed by atoms with Crippen LogP contribution >= 0.6 is 22.9 Å². The number of fused-ring (bicyclic) bond motifs is 5. The van der Waals surface area contributed by atoms with Gasteiger partial charge in [0.2, 0.25) is 0 Å². The maximum absolute atomic E-state index is 14.5. The minimum Gasteiger partial charge on any atom is -0.352 e. The molecule has 2 aromatic heterocycles. The SMILES string of the molecule is O=C(c1cccs1)[C@@H]1[C@@H](c2cccnc2)C2(C(=O)c3ccccc3C2=O)C2C=Cc3cc(Cl)ccc3N21. The summed E-state index contributed by atoms with van der Waals surface area (Å²) < 4.78 is 0. The first kappa shape index (κ1) is 22.3. The van der Waals surface area contributed by atoms with Crippen molar-refractivity contribution < 1.29 is 14.4 Å². The quantitative estimate of drug-likeness (QED) is 0.240. The van der Waals surface area contributed by atoms with Gasteiger partial charge in [-0.25, -0.2) is 0 Å². The van der Waals surface area contributed by atoms with Gasteiger partial charge in [-0.2, -0.15) is 0 Å². The van der Waals surface area contributed by atoms with Crippen molar-refractivity contribution in [2.24, 2.45) is 5.41 Å². The van der Waals surface area contributed by atoms with E-state index >= 15 is 0 Å². The highest BCUT2D eigenvalue weighted by atomic mass is 35.5. The first-order valence-corrected chi connectivity index (χ1v) is 13.2. The second-order valence-electron chi connectivity index (χ2n) is 9.54. The minimum absolute atomic E-state index is 0.126. The molecule has 7 heteroatoms. The zero-order valence-electron chi connectivity index (χ0n) is 19.4. The van der Waals surface area contributed by atoms with E-state index in [1.165, 1.54) is 11.3 Å². The van der Waals surface area contributed by atoms with Gasteiger partial charge in [0, 0.05) is 40.1 Å². The number of rotatable bonds is 3. The van der Waals surface area contributed by atoms with Crippen LogP contribution in [0.3, 0.4) is 0 Å². The fourth-order valence-electron chi connectivity index (χ4n) is 6.45. The second-order valence-corrected chi connectivity index (χ2v) is 10.9. The second kappa shape index (κ2) is 8.07. The Balaban J connectivity index is 1.56. The summed E-state index contributed by atoms with van der Waals surface area (Å²) in [5.41, 5.74) is 1.59. The van der Waals surface area contributed by atoms with Crippen molar-refractivity contribution >= 4 is 52.1 Å². The number of ketones is 3. The van der Waals surface area contributed by atoms with Gasteiger partial charge in [0.15, 0.2) is 17.3 Å². The molecule has 1 unspecified atom stereocenters. The molecule has 0 amide bonds. The van der Waals surface area contributed by atoms with Crippen LogP contribution in [0.25, 0.3) is 6.08 Å². The molecule has 4 heterocycles. The predicted molar refractivity (Wildman–Crippen MR) is 144 cm³/mol. The van der Waals surface area contributed by atoms with Gasteiger partial charge in [-0.05, 0) is 46.8 Å². The molecule has 0 bridgehead atoms. The summed E-state index contributed by atoms with van der Waals surface area (Å²) in [5, 5.41) is 2.43. The van der Waals surface area contributed by atoms with Crippen molar-refractivity contribution in [1.29, 1.82) is 0 Å². The number of benzene rings is 2. The Hall–Kier alpha value is -3.87. The molecule has 2 aromatic carbocycles. The normalized spacial score (nSPS) is 22.7. The molecule has 1 fully saturated rings. The van der Waals surface area contributed by atoms with E-state index in [4.69, 9.17) is 11.6 Å². The number of carbonyl (C=O) groups is 3. The first-order chi connectivity index (χ1) is 18.0. The molecule has 4 aromatic rings. The number of aromatic nitrogens is 1. The van der Waals surface area contributed by atoms with Crippen molar-refractivity contribution in [2.75, 3.05) is 4.90 Å². The number of nitrogens with zero attached hydrogens (tertiary/aromatic N) is 2.